The van der Waals surface area contributed by atoms with Gasteiger partial charge in [0.05, 0.1) is 5.52 Å². The molecule has 0 aliphatic carbocycles. The predicted molar refractivity (Wildman–Crippen MR) is 110 cm³/mol. The monoisotopic (exact) mass is 400 g/mol. The van der Waals surface area contributed by atoms with E-state index in [1.807, 2.05) is 11.4 Å². The van der Waals surface area contributed by atoms with Crippen LogP contribution >= 0.6 is 11.3 Å². The average Bonchev–Trinajstić information content (AvgIpc) is 3.18. The number of fused-ring (bicyclic) bond motifs is 1. The zero-order chi connectivity index (χ0) is 19.5. The Labute approximate surface area is 165 Å². The molecule has 2 aromatic heterocycles. The van der Waals surface area contributed by atoms with Crippen molar-refractivity contribution < 1.29 is 9.18 Å². The summed E-state index contributed by atoms with van der Waals surface area (Å²) < 4.78 is 15.2. The highest BCUT2D eigenvalue weighted by Gasteiger charge is 2.20. The van der Waals surface area contributed by atoms with Gasteiger partial charge in [0.2, 0.25) is 11.9 Å². The summed E-state index contributed by atoms with van der Waals surface area (Å²) >= 11 is 1.37. The molecule has 0 saturated carbocycles. The van der Waals surface area contributed by atoms with Crippen LogP contribution in [0.4, 0.5) is 16.0 Å². The lowest BCUT2D eigenvalue weighted by molar-refractivity contribution is -0.116. The van der Waals surface area contributed by atoms with E-state index in [0.29, 0.717) is 21.9 Å². The maximum absolute atomic E-state index is 13.0. The second kappa shape index (κ2) is 8.10. The van der Waals surface area contributed by atoms with E-state index in [-0.39, 0.29) is 30.2 Å². The SMILES string of the molecule is O=C(CCn1c(N2CCCCC2)nc2ccsc2c1=O)Nc1ccc(F)cc1. The first-order valence-electron chi connectivity index (χ1n) is 9.40. The van der Waals surface area contributed by atoms with Gasteiger partial charge in [0.1, 0.15) is 10.5 Å². The number of hydrogen-bond acceptors (Lipinski definition) is 5. The Bertz CT molecular complexity index is 1040. The number of aromatic nitrogens is 2. The zero-order valence-electron chi connectivity index (χ0n) is 15.4. The molecule has 0 unspecified atom stereocenters. The van der Waals surface area contributed by atoms with Crippen LogP contribution in [0.3, 0.4) is 0 Å². The fourth-order valence-electron chi connectivity index (χ4n) is 3.44. The largest absolute Gasteiger partial charge is 0.342 e. The zero-order valence-corrected chi connectivity index (χ0v) is 16.2. The van der Waals surface area contributed by atoms with Crippen LogP contribution < -0.4 is 15.8 Å². The van der Waals surface area contributed by atoms with E-state index in [1.54, 1.807) is 4.57 Å². The lowest BCUT2D eigenvalue weighted by atomic mass is 10.1. The number of amides is 1. The molecule has 6 nitrogen and oxygen atoms in total. The van der Waals surface area contributed by atoms with E-state index < -0.39 is 0 Å². The Kier molecular flexibility index (Phi) is 5.38. The molecule has 1 fully saturated rings. The molecule has 28 heavy (non-hydrogen) atoms. The van der Waals surface area contributed by atoms with Crippen LogP contribution in [0.1, 0.15) is 25.7 Å². The quantitative estimate of drug-likeness (QED) is 0.710. The van der Waals surface area contributed by atoms with Gasteiger partial charge in [0.15, 0.2) is 0 Å². The highest BCUT2D eigenvalue weighted by molar-refractivity contribution is 7.17. The summed E-state index contributed by atoms with van der Waals surface area (Å²) in [6, 6.07) is 7.47. The lowest BCUT2D eigenvalue weighted by Crippen LogP contribution is -2.36. The summed E-state index contributed by atoms with van der Waals surface area (Å²) in [6.07, 6.45) is 3.46. The molecular formula is C20H21FN4O2S. The predicted octanol–water partition coefficient (Wildman–Crippen LogP) is 3.62. The third-order valence-corrected chi connectivity index (χ3v) is 5.77. The number of carbonyl (C=O) groups is 1. The fraction of sp³-hybridized carbons (Fsp3) is 0.350. The van der Waals surface area contributed by atoms with Gasteiger partial charge in [-0.3, -0.25) is 14.2 Å². The van der Waals surface area contributed by atoms with Gasteiger partial charge in [-0.2, -0.15) is 0 Å². The molecule has 1 amide bonds. The van der Waals surface area contributed by atoms with Crippen LogP contribution in [0.15, 0.2) is 40.5 Å². The maximum Gasteiger partial charge on any atom is 0.272 e. The second-order valence-corrected chi connectivity index (χ2v) is 7.77. The molecule has 1 aliphatic rings. The summed E-state index contributed by atoms with van der Waals surface area (Å²) in [5, 5.41) is 4.60. The van der Waals surface area contributed by atoms with Gasteiger partial charge in [-0.05, 0) is 55.0 Å². The van der Waals surface area contributed by atoms with Crippen LogP contribution in [-0.2, 0) is 11.3 Å². The standard InChI is InChI=1S/C20H21FN4O2S/c21-14-4-6-15(7-5-14)22-17(26)8-12-25-19(27)18-16(9-13-28-18)23-20(25)24-10-2-1-3-11-24/h4-7,9,13H,1-3,8,10-12H2,(H,22,26). The number of carbonyl (C=O) groups excluding carboxylic acids is 1. The Morgan fingerprint density at radius 2 is 1.89 bits per heavy atom. The van der Waals surface area contributed by atoms with E-state index in [4.69, 9.17) is 4.98 Å². The topological polar surface area (TPSA) is 67.2 Å². The third-order valence-electron chi connectivity index (χ3n) is 4.88. The molecule has 0 radical (unpaired) electrons. The van der Waals surface area contributed by atoms with Gasteiger partial charge in [0, 0.05) is 31.7 Å². The number of halogens is 1. The molecule has 0 bridgehead atoms. The van der Waals surface area contributed by atoms with Crippen molar-refractivity contribution in [1.82, 2.24) is 9.55 Å². The maximum atomic E-state index is 13.0. The van der Waals surface area contributed by atoms with Gasteiger partial charge in [0.25, 0.3) is 5.56 Å². The first-order valence-corrected chi connectivity index (χ1v) is 10.3. The van der Waals surface area contributed by atoms with Crippen molar-refractivity contribution in [3.8, 4) is 0 Å². The summed E-state index contributed by atoms with van der Waals surface area (Å²) in [5.74, 6) is 0.0608. The van der Waals surface area contributed by atoms with Gasteiger partial charge in [-0.15, -0.1) is 11.3 Å². The fourth-order valence-corrected chi connectivity index (χ4v) is 4.22. The minimum atomic E-state index is -0.356. The second-order valence-electron chi connectivity index (χ2n) is 6.86. The first-order chi connectivity index (χ1) is 13.6. The Balaban J connectivity index is 1.56. The van der Waals surface area contributed by atoms with E-state index in [1.165, 1.54) is 42.0 Å². The summed E-state index contributed by atoms with van der Waals surface area (Å²) in [5.41, 5.74) is 1.14. The average molecular weight is 400 g/mol. The van der Waals surface area contributed by atoms with Crippen molar-refractivity contribution >= 4 is 39.1 Å². The normalized spacial score (nSPS) is 14.4. The van der Waals surface area contributed by atoms with E-state index in [0.717, 1.165) is 25.9 Å². The number of thiophene rings is 1. The first kappa shape index (κ1) is 18.6. The van der Waals surface area contributed by atoms with E-state index >= 15 is 0 Å². The molecule has 146 valence electrons. The van der Waals surface area contributed by atoms with Crippen molar-refractivity contribution in [1.29, 1.82) is 0 Å². The number of nitrogens with one attached hydrogen (secondary N) is 1. The van der Waals surface area contributed by atoms with Gasteiger partial charge >= 0.3 is 0 Å². The van der Waals surface area contributed by atoms with Crippen molar-refractivity contribution in [3.05, 3.63) is 51.9 Å². The van der Waals surface area contributed by atoms with E-state index in [2.05, 4.69) is 10.2 Å². The van der Waals surface area contributed by atoms with Crippen LogP contribution in [0.5, 0.6) is 0 Å². The Hall–Kier alpha value is -2.74. The molecular weight excluding hydrogens is 379 g/mol. The number of anilines is 2. The number of benzene rings is 1. The Morgan fingerprint density at radius 1 is 1.14 bits per heavy atom. The molecule has 0 spiro atoms. The van der Waals surface area contributed by atoms with Gasteiger partial charge in [-0.25, -0.2) is 9.37 Å². The van der Waals surface area contributed by atoms with Gasteiger partial charge < -0.3 is 10.2 Å². The van der Waals surface area contributed by atoms with Crippen molar-refractivity contribution in [2.75, 3.05) is 23.3 Å². The highest BCUT2D eigenvalue weighted by Crippen LogP contribution is 2.22. The molecule has 1 aromatic carbocycles. The third kappa shape index (κ3) is 3.91. The van der Waals surface area contributed by atoms with Crippen LogP contribution in [0.2, 0.25) is 0 Å². The number of rotatable bonds is 5. The molecule has 3 heterocycles. The summed E-state index contributed by atoms with van der Waals surface area (Å²) in [7, 11) is 0. The van der Waals surface area contributed by atoms with Crippen molar-refractivity contribution in [2.24, 2.45) is 0 Å². The highest BCUT2D eigenvalue weighted by atomic mass is 32.1. The van der Waals surface area contributed by atoms with Crippen molar-refractivity contribution in [2.45, 2.75) is 32.2 Å². The Morgan fingerprint density at radius 3 is 2.64 bits per heavy atom. The van der Waals surface area contributed by atoms with Crippen molar-refractivity contribution in [3.63, 3.8) is 0 Å². The van der Waals surface area contributed by atoms with Crippen LogP contribution in [0, 0.1) is 5.82 Å². The lowest BCUT2D eigenvalue weighted by Gasteiger charge is -2.29. The molecule has 0 atom stereocenters. The molecule has 4 rings (SSSR count). The number of piperidine rings is 1. The number of nitrogens with zero attached hydrogens (tertiary/aromatic N) is 3. The molecule has 1 saturated heterocycles. The summed E-state index contributed by atoms with van der Waals surface area (Å²) in [4.78, 5) is 32.2. The number of hydrogen-bond donors (Lipinski definition) is 1. The molecule has 3 aromatic rings. The minimum Gasteiger partial charge on any atom is -0.342 e. The van der Waals surface area contributed by atoms with Crippen LogP contribution in [-0.4, -0.2) is 28.5 Å². The van der Waals surface area contributed by atoms with Crippen LogP contribution in [0.25, 0.3) is 10.2 Å². The van der Waals surface area contributed by atoms with Gasteiger partial charge in [-0.1, -0.05) is 0 Å². The van der Waals surface area contributed by atoms with E-state index in [9.17, 15) is 14.0 Å². The smallest absolute Gasteiger partial charge is 0.272 e. The minimum absolute atomic E-state index is 0.102. The summed E-state index contributed by atoms with van der Waals surface area (Å²) in [6.45, 7) is 1.98. The molecule has 1 N–H and O–H groups in total. The molecule has 1 aliphatic heterocycles. The molecule has 8 heteroatoms.